The largest absolute Gasteiger partial charge is 0.367 e. The molecule has 2 aromatic heterocycles. The highest BCUT2D eigenvalue weighted by Gasteiger charge is 2.30. The van der Waals surface area contributed by atoms with E-state index < -0.39 is 0 Å². The Hall–Kier alpha value is -1.20. The third-order valence-electron chi connectivity index (χ3n) is 6.12. The lowest BCUT2D eigenvalue weighted by atomic mass is 9.76. The fraction of sp³-hybridized carbons (Fsp3) is 0.700. The van der Waals surface area contributed by atoms with Gasteiger partial charge in [0.15, 0.2) is 0 Å². The van der Waals surface area contributed by atoms with E-state index in [9.17, 15) is 0 Å². The van der Waals surface area contributed by atoms with Crippen LogP contribution < -0.4 is 5.32 Å². The van der Waals surface area contributed by atoms with E-state index in [2.05, 4.69) is 48.1 Å². The van der Waals surface area contributed by atoms with Crippen LogP contribution in [0.1, 0.15) is 56.4 Å². The SMILES string of the molecule is CN(C)C1CCC(Nc2ncnc3sc4c(c23)CC(C)(C)CC4)CC1. The number of anilines is 1. The molecule has 0 amide bonds. The highest BCUT2D eigenvalue weighted by atomic mass is 32.1. The summed E-state index contributed by atoms with van der Waals surface area (Å²) in [6.45, 7) is 4.78. The van der Waals surface area contributed by atoms with Crippen LogP contribution in [0, 0.1) is 5.41 Å². The Kier molecular flexibility index (Phi) is 4.49. The van der Waals surface area contributed by atoms with E-state index in [1.165, 1.54) is 59.2 Å². The second-order valence-corrected chi connectivity index (χ2v) is 9.94. The molecule has 2 heterocycles. The van der Waals surface area contributed by atoms with Gasteiger partial charge in [-0.2, -0.15) is 0 Å². The molecule has 0 aromatic carbocycles. The number of nitrogens with one attached hydrogen (secondary N) is 1. The van der Waals surface area contributed by atoms with Crippen LogP contribution in [-0.4, -0.2) is 41.0 Å². The van der Waals surface area contributed by atoms with E-state index in [4.69, 9.17) is 0 Å². The van der Waals surface area contributed by atoms with Crippen molar-refractivity contribution in [1.29, 1.82) is 0 Å². The zero-order valence-electron chi connectivity index (χ0n) is 15.9. The molecule has 1 N–H and O–H groups in total. The predicted octanol–water partition coefficient (Wildman–Crippen LogP) is 4.49. The highest BCUT2D eigenvalue weighted by Crippen LogP contribution is 2.44. The molecule has 2 aliphatic carbocycles. The number of fused-ring (bicyclic) bond motifs is 3. The van der Waals surface area contributed by atoms with Crippen LogP contribution in [0.15, 0.2) is 6.33 Å². The second kappa shape index (κ2) is 6.51. The van der Waals surface area contributed by atoms with Crippen molar-refractivity contribution in [1.82, 2.24) is 14.9 Å². The van der Waals surface area contributed by atoms with E-state index in [0.717, 1.165) is 18.3 Å². The third-order valence-corrected chi connectivity index (χ3v) is 7.32. The van der Waals surface area contributed by atoms with Gasteiger partial charge in [-0.25, -0.2) is 9.97 Å². The molecule has 136 valence electrons. The number of hydrogen-bond acceptors (Lipinski definition) is 5. The number of rotatable bonds is 3. The summed E-state index contributed by atoms with van der Waals surface area (Å²) in [7, 11) is 4.40. The Balaban J connectivity index is 1.59. The summed E-state index contributed by atoms with van der Waals surface area (Å²) in [6, 6.07) is 1.28. The first-order valence-electron chi connectivity index (χ1n) is 9.61. The average molecular weight is 359 g/mol. The summed E-state index contributed by atoms with van der Waals surface area (Å²) < 4.78 is 0. The van der Waals surface area contributed by atoms with Gasteiger partial charge in [0.05, 0.1) is 5.39 Å². The van der Waals surface area contributed by atoms with Crippen molar-refractivity contribution >= 4 is 27.4 Å². The molecule has 0 radical (unpaired) electrons. The number of thiophene rings is 1. The summed E-state index contributed by atoms with van der Waals surface area (Å²) in [4.78, 5) is 14.3. The number of hydrogen-bond donors (Lipinski definition) is 1. The number of aromatic nitrogens is 2. The van der Waals surface area contributed by atoms with Gasteiger partial charge in [0, 0.05) is 17.0 Å². The first-order chi connectivity index (χ1) is 11.9. The summed E-state index contributed by atoms with van der Waals surface area (Å²) in [5.74, 6) is 1.08. The van der Waals surface area contributed by atoms with Crippen LogP contribution >= 0.6 is 11.3 Å². The van der Waals surface area contributed by atoms with E-state index in [-0.39, 0.29) is 0 Å². The van der Waals surface area contributed by atoms with Crippen LogP contribution in [0.5, 0.6) is 0 Å². The van der Waals surface area contributed by atoms with Crippen LogP contribution in [-0.2, 0) is 12.8 Å². The van der Waals surface area contributed by atoms with Gasteiger partial charge in [-0.1, -0.05) is 13.8 Å². The van der Waals surface area contributed by atoms with Crippen LogP contribution in [0.4, 0.5) is 5.82 Å². The van der Waals surface area contributed by atoms with Crippen molar-refractivity contribution in [2.75, 3.05) is 19.4 Å². The zero-order chi connectivity index (χ0) is 17.6. The molecule has 5 heteroatoms. The minimum absolute atomic E-state index is 0.387. The molecule has 0 spiro atoms. The lowest BCUT2D eigenvalue weighted by molar-refractivity contribution is 0.221. The maximum absolute atomic E-state index is 4.66. The van der Waals surface area contributed by atoms with E-state index in [1.54, 1.807) is 6.33 Å². The molecule has 0 atom stereocenters. The van der Waals surface area contributed by atoms with Crippen LogP contribution in [0.3, 0.4) is 0 Å². The molecule has 1 saturated carbocycles. The molecule has 0 bridgehead atoms. The summed E-state index contributed by atoms with van der Waals surface area (Å²) in [5.41, 5.74) is 1.90. The van der Waals surface area contributed by atoms with Gasteiger partial charge >= 0.3 is 0 Å². The van der Waals surface area contributed by atoms with Gasteiger partial charge in [0.2, 0.25) is 0 Å². The summed E-state index contributed by atoms with van der Waals surface area (Å²) in [5, 5.41) is 5.09. The Bertz CT molecular complexity index is 756. The lowest BCUT2D eigenvalue weighted by Gasteiger charge is -2.33. The van der Waals surface area contributed by atoms with Crippen molar-refractivity contribution in [2.45, 2.75) is 70.9 Å². The third kappa shape index (κ3) is 3.41. The Morgan fingerprint density at radius 2 is 1.92 bits per heavy atom. The van der Waals surface area contributed by atoms with Gasteiger partial charge in [0.25, 0.3) is 0 Å². The first kappa shape index (κ1) is 17.2. The van der Waals surface area contributed by atoms with Gasteiger partial charge in [-0.15, -0.1) is 11.3 Å². The highest BCUT2D eigenvalue weighted by molar-refractivity contribution is 7.19. The quantitative estimate of drug-likeness (QED) is 0.877. The van der Waals surface area contributed by atoms with E-state index >= 15 is 0 Å². The minimum atomic E-state index is 0.387. The van der Waals surface area contributed by atoms with Crippen molar-refractivity contribution in [3.05, 3.63) is 16.8 Å². The normalized spacial score (nSPS) is 26.0. The molecule has 25 heavy (non-hydrogen) atoms. The minimum Gasteiger partial charge on any atom is -0.367 e. The monoisotopic (exact) mass is 358 g/mol. The van der Waals surface area contributed by atoms with Gasteiger partial charge in [-0.3, -0.25) is 0 Å². The molecule has 1 fully saturated rings. The molecule has 4 nitrogen and oxygen atoms in total. The average Bonchev–Trinajstić information content (AvgIpc) is 2.93. The van der Waals surface area contributed by atoms with Crippen molar-refractivity contribution in [2.24, 2.45) is 5.41 Å². The molecular formula is C20H30N4S. The maximum atomic E-state index is 4.66. The maximum Gasteiger partial charge on any atom is 0.138 e. The number of aryl methyl sites for hydroxylation is 1. The van der Waals surface area contributed by atoms with Gasteiger partial charge in [-0.05, 0) is 70.0 Å². The van der Waals surface area contributed by atoms with E-state index in [0.29, 0.717) is 11.5 Å². The topological polar surface area (TPSA) is 41.0 Å². The zero-order valence-corrected chi connectivity index (χ0v) is 16.7. The molecule has 0 saturated heterocycles. The Morgan fingerprint density at radius 1 is 1.16 bits per heavy atom. The fourth-order valence-electron chi connectivity index (χ4n) is 4.48. The van der Waals surface area contributed by atoms with Gasteiger partial charge in [0.1, 0.15) is 17.0 Å². The fourth-order valence-corrected chi connectivity index (χ4v) is 5.64. The van der Waals surface area contributed by atoms with Crippen LogP contribution in [0.25, 0.3) is 10.2 Å². The summed E-state index contributed by atoms with van der Waals surface area (Å²) >= 11 is 1.88. The van der Waals surface area contributed by atoms with Crippen molar-refractivity contribution in [3.63, 3.8) is 0 Å². The standard InChI is InChI=1S/C20H30N4S/c1-20(2)10-9-16-15(11-20)17-18(21-12-22-19(17)25-16)23-13-5-7-14(8-6-13)24(3)4/h12-14H,5-11H2,1-4H3,(H,21,22,23). The van der Waals surface area contributed by atoms with Gasteiger partial charge < -0.3 is 10.2 Å². The number of nitrogens with zero attached hydrogens (tertiary/aromatic N) is 3. The molecule has 2 aromatic rings. The molecule has 2 aliphatic rings. The second-order valence-electron chi connectivity index (χ2n) is 8.86. The van der Waals surface area contributed by atoms with E-state index in [1.807, 2.05) is 11.3 Å². The summed E-state index contributed by atoms with van der Waals surface area (Å²) in [6.07, 6.45) is 10.4. The molecule has 4 rings (SSSR count). The molecule has 0 unspecified atom stereocenters. The Morgan fingerprint density at radius 3 is 2.64 bits per heavy atom. The lowest BCUT2D eigenvalue weighted by Crippen LogP contribution is -2.36. The van der Waals surface area contributed by atoms with Crippen molar-refractivity contribution < 1.29 is 0 Å². The predicted molar refractivity (Wildman–Crippen MR) is 107 cm³/mol. The molecular weight excluding hydrogens is 328 g/mol. The molecule has 0 aliphatic heterocycles. The first-order valence-corrected chi connectivity index (χ1v) is 10.4. The van der Waals surface area contributed by atoms with Crippen molar-refractivity contribution in [3.8, 4) is 0 Å². The van der Waals surface area contributed by atoms with Crippen LogP contribution in [0.2, 0.25) is 0 Å². The Labute approximate surface area is 155 Å². The smallest absolute Gasteiger partial charge is 0.138 e.